The van der Waals surface area contributed by atoms with Crippen LogP contribution in [-0.2, 0) is 4.74 Å². The Bertz CT molecular complexity index is 1340. The molecule has 1 fully saturated rings. The van der Waals surface area contributed by atoms with Gasteiger partial charge in [-0.1, -0.05) is 6.92 Å². The van der Waals surface area contributed by atoms with Crippen LogP contribution in [-0.4, -0.2) is 43.9 Å². The minimum absolute atomic E-state index is 0.0176. The predicted molar refractivity (Wildman–Crippen MR) is 127 cm³/mol. The normalized spacial score (nSPS) is 22.4. The summed E-state index contributed by atoms with van der Waals surface area (Å²) >= 11 is 0. The lowest BCUT2D eigenvalue weighted by atomic mass is 9.74. The summed E-state index contributed by atoms with van der Waals surface area (Å²) in [4.78, 5) is 8.68. The third-order valence-corrected chi connectivity index (χ3v) is 6.68. The third kappa shape index (κ3) is 4.30. The molecule has 3 heterocycles. The number of methoxy groups -OCH3 is 1. The summed E-state index contributed by atoms with van der Waals surface area (Å²) in [5.74, 6) is -1.44. The summed E-state index contributed by atoms with van der Waals surface area (Å²) in [6.45, 7) is 2.14. The number of benzene rings is 1. The Morgan fingerprint density at radius 3 is 2.63 bits per heavy atom. The van der Waals surface area contributed by atoms with Crippen molar-refractivity contribution in [3.05, 3.63) is 66.1 Å². The summed E-state index contributed by atoms with van der Waals surface area (Å²) in [5.41, 5.74) is 8.60. The molecule has 1 saturated carbocycles. The number of nitrogens with two attached hydrogens (primary N) is 1. The molecule has 0 radical (unpaired) electrons. The molecule has 1 aliphatic rings. The van der Waals surface area contributed by atoms with Crippen molar-refractivity contribution in [2.75, 3.05) is 12.4 Å². The second-order valence-electron chi connectivity index (χ2n) is 9.02. The lowest BCUT2D eigenvalue weighted by molar-refractivity contribution is 0.00984. The topological polar surface area (TPSA) is 111 Å². The molecule has 0 spiro atoms. The number of nitrogens with zero attached hydrogens (tertiary/aromatic N) is 4. The van der Waals surface area contributed by atoms with Crippen molar-refractivity contribution in [2.45, 2.75) is 37.8 Å². The first-order valence-corrected chi connectivity index (χ1v) is 11.4. The monoisotopic (exact) mass is 480 g/mol. The van der Waals surface area contributed by atoms with E-state index in [4.69, 9.17) is 10.5 Å². The fraction of sp³-hybridized carbons (Fsp3) is 0.320. The summed E-state index contributed by atoms with van der Waals surface area (Å²) in [7, 11) is 1.70. The van der Waals surface area contributed by atoms with Crippen LogP contribution in [0.3, 0.4) is 0 Å². The van der Waals surface area contributed by atoms with Crippen LogP contribution in [0.1, 0.15) is 31.2 Å². The minimum atomic E-state index is -0.907. The number of aromatic hydroxyl groups is 1. The van der Waals surface area contributed by atoms with Crippen LogP contribution >= 0.6 is 0 Å². The fourth-order valence-electron chi connectivity index (χ4n) is 5.12. The average Bonchev–Trinajstić information content (AvgIpc) is 3.20. The molecule has 1 aliphatic carbocycles. The zero-order valence-corrected chi connectivity index (χ0v) is 19.3. The molecule has 8 nitrogen and oxygen atoms in total. The van der Waals surface area contributed by atoms with Crippen LogP contribution < -0.4 is 11.1 Å². The van der Waals surface area contributed by atoms with Crippen molar-refractivity contribution in [3.8, 4) is 17.0 Å². The van der Waals surface area contributed by atoms with E-state index in [1.165, 1.54) is 10.6 Å². The minimum Gasteiger partial charge on any atom is -0.508 e. The van der Waals surface area contributed by atoms with Crippen molar-refractivity contribution in [1.29, 1.82) is 0 Å². The molecule has 4 atom stereocenters. The number of halogens is 2. The molecule has 3 aromatic heterocycles. The van der Waals surface area contributed by atoms with E-state index in [2.05, 4.69) is 27.3 Å². The molecular formula is C25H26F2N6O2. The van der Waals surface area contributed by atoms with Crippen LogP contribution in [0.15, 0.2) is 48.9 Å². The third-order valence-electron chi connectivity index (χ3n) is 6.68. The van der Waals surface area contributed by atoms with Gasteiger partial charge < -0.3 is 20.9 Å². The largest absolute Gasteiger partial charge is 0.508 e. The van der Waals surface area contributed by atoms with E-state index in [1.807, 2.05) is 6.07 Å². The number of imidazole rings is 1. The Labute approximate surface area is 200 Å². The number of fused-ring (bicyclic) bond motifs is 1. The summed E-state index contributed by atoms with van der Waals surface area (Å²) in [6, 6.07) is 6.76. The zero-order valence-electron chi connectivity index (χ0n) is 19.3. The van der Waals surface area contributed by atoms with Gasteiger partial charge in [-0.05, 0) is 48.4 Å². The SMILES string of the molecule is COC1C(C)CC(c2ccncc2Nc2ncc3ccc(-c4c(F)cc(O)cc4F)nn23)CC1N. The number of phenolic OH excluding ortho intramolecular Hbond substituents is 1. The van der Waals surface area contributed by atoms with Gasteiger partial charge in [-0.15, -0.1) is 0 Å². The van der Waals surface area contributed by atoms with E-state index < -0.39 is 17.4 Å². The zero-order chi connectivity index (χ0) is 24.7. The van der Waals surface area contributed by atoms with Gasteiger partial charge in [0.2, 0.25) is 5.95 Å². The van der Waals surface area contributed by atoms with Crippen LogP contribution in [0.2, 0.25) is 0 Å². The second-order valence-corrected chi connectivity index (χ2v) is 9.02. The maximum atomic E-state index is 14.4. The quantitative estimate of drug-likeness (QED) is 0.389. The fourth-order valence-corrected chi connectivity index (χ4v) is 5.12. The van der Waals surface area contributed by atoms with E-state index in [1.54, 1.807) is 31.8 Å². The predicted octanol–water partition coefficient (Wildman–Crippen LogP) is 4.37. The van der Waals surface area contributed by atoms with Crippen LogP contribution in [0.5, 0.6) is 5.75 Å². The van der Waals surface area contributed by atoms with Gasteiger partial charge in [0.1, 0.15) is 17.4 Å². The van der Waals surface area contributed by atoms with Gasteiger partial charge in [0, 0.05) is 31.5 Å². The maximum Gasteiger partial charge on any atom is 0.229 e. The molecule has 0 bridgehead atoms. The summed E-state index contributed by atoms with van der Waals surface area (Å²) in [6.07, 6.45) is 6.78. The average molecular weight is 481 g/mol. The molecule has 4 unspecified atom stereocenters. The number of hydrogen-bond donors (Lipinski definition) is 3. The first-order chi connectivity index (χ1) is 16.9. The maximum absolute atomic E-state index is 14.4. The van der Waals surface area contributed by atoms with E-state index in [9.17, 15) is 13.9 Å². The number of ether oxygens (including phenoxy) is 1. The lowest BCUT2D eigenvalue weighted by Gasteiger charge is -2.38. The van der Waals surface area contributed by atoms with Gasteiger partial charge in [-0.3, -0.25) is 4.98 Å². The highest BCUT2D eigenvalue weighted by Crippen LogP contribution is 2.40. The lowest BCUT2D eigenvalue weighted by Crippen LogP contribution is -2.45. The number of hydrogen-bond acceptors (Lipinski definition) is 7. The Kier molecular flexibility index (Phi) is 6.08. The highest BCUT2D eigenvalue weighted by Gasteiger charge is 2.35. The molecule has 182 valence electrons. The number of pyridine rings is 1. The molecule has 0 amide bonds. The van der Waals surface area contributed by atoms with E-state index in [0.29, 0.717) is 17.4 Å². The summed E-state index contributed by atoms with van der Waals surface area (Å²) < 4.78 is 35.9. The van der Waals surface area contributed by atoms with Crippen LogP contribution in [0, 0.1) is 17.6 Å². The molecule has 4 aromatic rings. The van der Waals surface area contributed by atoms with Gasteiger partial charge in [0.25, 0.3) is 0 Å². The van der Waals surface area contributed by atoms with Crippen LogP contribution in [0.25, 0.3) is 16.8 Å². The number of anilines is 2. The summed E-state index contributed by atoms with van der Waals surface area (Å²) in [5, 5.41) is 17.2. The Morgan fingerprint density at radius 1 is 1.14 bits per heavy atom. The molecule has 0 saturated heterocycles. The number of nitrogens with one attached hydrogen (secondary N) is 1. The molecule has 10 heteroatoms. The van der Waals surface area contributed by atoms with Crippen molar-refractivity contribution in [3.63, 3.8) is 0 Å². The highest BCUT2D eigenvalue weighted by molar-refractivity contribution is 5.66. The second kappa shape index (κ2) is 9.20. The van der Waals surface area contributed by atoms with Gasteiger partial charge in [-0.25, -0.2) is 13.8 Å². The van der Waals surface area contributed by atoms with Gasteiger partial charge in [-0.2, -0.15) is 9.61 Å². The van der Waals surface area contributed by atoms with Gasteiger partial charge in [0.05, 0.1) is 41.0 Å². The Morgan fingerprint density at radius 2 is 1.91 bits per heavy atom. The van der Waals surface area contributed by atoms with Gasteiger partial charge in [0.15, 0.2) is 0 Å². The first kappa shape index (κ1) is 23.1. The first-order valence-electron chi connectivity index (χ1n) is 11.4. The van der Waals surface area contributed by atoms with Crippen molar-refractivity contribution in [1.82, 2.24) is 19.6 Å². The Hall–Kier alpha value is -3.63. The molecule has 5 rings (SSSR count). The van der Waals surface area contributed by atoms with Crippen LogP contribution in [0.4, 0.5) is 20.4 Å². The Balaban J connectivity index is 1.49. The molecule has 4 N–H and O–H groups in total. The molecule has 35 heavy (non-hydrogen) atoms. The van der Waals surface area contributed by atoms with E-state index in [0.717, 1.165) is 36.2 Å². The highest BCUT2D eigenvalue weighted by atomic mass is 19.1. The number of rotatable bonds is 5. The molecule has 1 aromatic carbocycles. The standard InChI is InChI=1S/C25H26F2N6O2/c1-13-7-14(8-20(28)24(13)35-2)17-5-6-29-12-22(17)31-25-30-11-15-3-4-21(32-33(15)25)23-18(26)9-16(34)10-19(23)27/h3-6,9-14,20,24,34H,7-8,28H2,1-2H3,(H,30,31). The van der Waals surface area contributed by atoms with Crippen molar-refractivity contribution >= 4 is 17.2 Å². The number of aromatic nitrogens is 4. The van der Waals surface area contributed by atoms with Crippen molar-refractivity contribution < 1.29 is 18.6 Å². The van der Waals surface area contributed by atoms with E-state index in [-0.39, 0.29) is 29.3 Å². The molecular weight excluding hydrogens is 454 g/mol. The van der Waals surface area contributed by atoms with Gasteiger partial charge >= 0.3 is 0 Å². The number of phenols is 1. The smallest absolute Gasteiger partial charge is 0.229 e. The van der Waals surface area contributed by atoms with Crippen molar-refractivity contribution in [2.24, 2.45) is 11.7 Å². The molecule has 0 aliphatic heterocycles. The van der Waals surface area contributed by atoms with E-state index >= 15 is 0 Å².